The van der Waals surface area contributed by atoms with Crippen molar-refractivity contribution < 1.29 is 8.42 Å². The Kier molecular flexibility index (Phi) is 4.20. The highest BCUT2D eigenvalue weighted by Gasteiger charge is 2.36. The van der Waals surface area contributed by atoms with Gasteiger partial charge in [-0.2, -0.15) is 0 Å². The fourth-order valence-corrected chi connectivity index (χ4v) is 4.35. The Labute approximate surface area is 101 Å². The Morgan fingerprint density at radius 3 is 2.47 bits per heavy atom. The van der Waals surface area contributed by atoms with Gasteiger partial charge < -0.3 is 10.6 Å². The molecule has 1 fully saturated rings. The van der Waals surface area contributed by atoms with Gasteiger partial charge in [-0.3, -0.25) is 0 Å². The molecule has 1 aliphatic heterocycles. The molecule has 2 unspecified atom stereocenters. The highest BCUT2D eigenvalue weighted by Crippen LogP contribution is 2.17. The van der Waals surface area contributed by atoms with Crippen molar-refractivity contribution in [3.05, 3.63) is 0 Å². The van der Waals surface area contributed by atoms with Gasteiger partial charge in [0.05, 0.1) is 22.9 Å². The van der Waals surface area contributed by atoms with Crippen LogP contribution in [-0.2, 0) is 9.84 Å². The van der Waals surface area contributed by atoms with E-state index in [4.69, 9.17) is 23.8 Å². The highest BCUT2D eigenvalue weighted by molar-refractivity contribution is 7.91. The summed E-state index contributed by atoms with van der Waals surface area (Å²) < 4.78 is 22.5. The molecule has 0 bridgehead atoms. The average molecular weight is 271 g/mol. The Balaban J connectivity index is 2.50. The zero-order valence-corrected chi connectivity index (χ0v) is 11.0. The van der Waals surface area contributed by atoms with Crippen LogP contribution in [0, 0.1) is 0 Å². The number of halogens is 1. The molecule has 1 saturated heterocycles. The van der Waals surface area contributed by atoms with Crippen LogP contribution in [-0.4, -0.2) is 42.5 Å². The molecule has 0 spiro atoms. The maximum Gasteiger partial charge on any atom is 0.166 e. The molecule has 88 valence electrons. The van der Waals surface area contributed by atoms with Crippen molar-refractivity contribution >= 4 is 38.8 Å². The molecule has 0 amide bonds. The van der Waals surface area contributed by atoms with Gasteiger partial charge in [0.15, 0.2) is 14.9 Å². The SMILES string of the molecule is CC(C)NC(=S)NC1CS(=O)(=O)CC1Cl. The minimum atomic E-state index is -3.00. The maximum atomic E-state index is 11.3. The maximum absolute atomic E-state index is 11.3. The summed E-state index contributed by atoms with van der Waals surface area (Å²) in [6.07, 6.45) is 0. The number of sulfone groups is 1. The molecule has 1 rings (SSSR count). The van der Waals surface area contributed by atoms with Crippen molar-refractivity contribution in [3.63, 3.8) is 0 Å². The topological polar surface area (TPSA) is 58.2 Å². The largest absolute Gasteiger partial charge is 0.361 e. The van der Waals surface area contributed by atoms with Gasteiger partial charge in [-0.05, 0) is 26.1 Å². The van der Waals surface area contributed by atoms with E-state index in [0.717, 1.165) is 0 Å². The van der Waals surface area contributed by atoms with Gasteiger partial charge in [-0.15, -0.1) is 11.6 Å². The van der Waals surface area contributed by atoms with Gasteiger partial charge in [0.2, 0.25) is 0 Å². The molecular formula is C8H15ClN2O2S2. The minimum absolute atomic E-state index is 0.0243. The number of nitrogens with one attached hydrogen (secondary N) is 2. The third kappa shape index (κ3) is 4.12. The van der Waals surface area contributed by atoms with Gasteiger partial charge in [0.25, 0.3) is 0 Å². The zero-order chi connectivity index (χ0) is 11.6. The molecule has 0 aromatic heterocycles. The molecule has 1 aliphatic rings. The van der Waals surface area contributed by atoms with Crippen LogP contribution >= 0.6 is 23.8 Å². The van der Waals surface area contributed by atoms with E-state index in [0.29, 0.717) is 5.11 Å². The Bertz CT molecular complexity index is 343. The molecule has 7 heteroatoms. The van der Waals surface area contributed by atoms with Crippen LogP contribution < -0.4 is 10.6 Å². The van der Waals surface area contributed by atoms with Crippen LogP contribution in [0.2, 0.25) is 0 Å². The predicted octanol–water partition coefficient (Wildman–Crippen LogP) is 0.263. The Hall–Kier alpha value is -0.0700. The van der Waals surface area contributed by atoms with E-state index >= 15 is 0 Å². The summed E-state index contributed by atoms with van der Waals surface area (Å²) >= 11 is 10.9. The third-order valence-electron chi connectivity index (χ3n) is 2.02. The number of thiocarbonyl (C=S) groups is 1. The first-order chi connectivity index (χ1) is 6.80. The van der Waals surface area contributed by atoms with Crippen LogP contribution in [0.4, 0.5) is 0 Å². The number of rotatable bonds is 2. The molecule has 0 radical (unpaired) electrons. The van der Waals surface area contributed by atoms with Crippen molar-refractivity contribution in [1.29, 1.82) is 0 Å². The third-order valence-corrected chi connectivity index (χ3v) is 4.63. The molecule has 0 aromatic rings. The summed E-state index contributed by atoms with van der Waals surface area (Å²) in [5.41, 5.74) is 0. The molecule has 0 aliphatic carbocycles. The van der Waals surface area contributed by atoms with E-state index in [9.17, 15) is 8.42 Å². The number of hydrogen-bond donors (Lipinski definition) is 2. The lowest BCUT2D eigenvalue weighted by Gasteiger charge is -2.19. The minimum Gasteiger partial charge on any atom is -0.361 e. The van der Waals surface area contributed by atoms with Crippen molar-refractivity contribution in [2.75, 3.05) is 11.5 Å². The zero-order valence-electron chi connectivity index (χ0n) is 8.66. The van der Waals surface area contributed by atoms with E-state index in [1.54, 1.807) is 0 Å². The van der Waals surface area contributed by atoms with Crippen LogP contribution in [0.25, 0.3) is 0 Å². The van der Waals surface area contributed by atoms with Crippen LogP contribution in [0.15, 0.2) is 0 Å². The molecule has 15 heavy (non-hydrogen) atoms. The van der Waals surface area contributed by atoms with Crippen molar-refractivity contribution in [2.24, 2.45) is 0 Å². The number of hydrogen-bond acceptors (Lipinski definition) is 3. The van der Waals surface area contributed by atoms with Crippen LogP contribution in [0.3, 0.4) is 0 Å². The lowest BCUT2D eigenvalue weighted by atomic mass is 10.2. The van der Waals surface area contributed by atoms with E-state index in [-0.39, 0.29) is 23.6 Å². The first-order valence-corrected chi connectivity index (χ1v) is 7.38. The fourth-order valence-electron chi connectivity index (χ4n) is 1.41. The summed E-state index contributed by atoms with van der Waals surface area (Å²) in [5.74, 6) is 0.0809. The van der Waals surface area contributed by atoms with Gasteiger partial charge in [-0.25, -0.2) is 8.42 Å². The molecule has 0 saturated carbocycles. The number of alkyl halides is 1. The monoisotopic (exact) mass is 270 g/mol. The Morgan fingerprint density at radius 1 is 1.47 bits per heavy atom. The standard InChI is InChI=1S/C8H15ClN2O2S2/c1-5(2)10-8(14)11-7-4-15(12,13)3-6(7)9/h5-7H,3-4H2,1-2H3,(H2,10,11,14). The lowest BCUT2D eigenvalue weighted by molar-refractivity contribution is 0.599. The van der Waals surface area contributed by atoms with E-state index in [1.807, 2.05) is 13.8 Å². The van der Waals surface area contributed by atoms with E-state index in [1.165, 1.54) is 0 Å². The van der Waals surface area contributed by atoms with Gasteiger partial charge in [0, 0.05) is 6.04 Å². The van der Waals surface area contributed by atoms with Gasteiger partial charge >= 0.3 is 0 Å². The average Bonchev–Trinajstić information content (AvgIpc) is 2.22. The molecule has 0 aromatic carbocycles. The Morgan fingerprint density at radius 2 is 2.07 bits per heavy atom. The second kappa shape index (κ2) is 4.84. The molecule has 4 nitrogen and oxygen atoms in total. The predicted molar refractivity (Wildman–Crippen MR) is 66.1 cm³/mol. The summed E-state index contributed by atoms with van der Waals surface area (Å²) in [7, 11) is -3.00. The van der Waals surface area contributed by atoms with Gasteiger partial charge in [0.1, 0.15) is 0 Å². The summed E-state index contributed by atoms with van der Waals surface area (Å²) in [4.78, 5) is 0. The first kappa shape index (κ1) is 13.0. The van der Waals surface area contributed by atoms with Crippen LogP contribution in [0.1, 0.15) is 13.8 Å². The normalized spacial score (nSPS) is 29.1. The summed E-state index contributed by atoms with van der Waals surface area (Å²) in [6, 6.07) is -0.0628. The van der Waals surface area contributed by atoms with Crippen molar-refractivity contribution in [2.45, 2.75) is 31.3 Å². The summed E-state index contributed by atoms with van der Waals surface area (Å²) in [5, 5.41) is 5.96. The van der Waals surface area contributed by atoms with Crippen molar-refractivity contribution in [3.8, 4) is 0 Å². The quantitative estimate of drug-likeness (QED) is 0.557. The van der Waals surface area contributed by atoms with E-state index in [2.05, 4.69) is 10.6 Å². The molecule has 2 atom stereocenters. The summed E-state index contributed by atoms with van der Waals surface area (Å²) in [6.45, 7) is 3.91. The van der Waals surface area contributed by atoms with E-state index < -0.39 is 15.2 Å². The second-order valence-electron chi connectivity index (χ2n) is 3.97. The first-order valence-electron chi connectivity index (χ1n) is 4.71. The second-order valence-corrected chi connectivity index (χ2v) is 7.09. The molecule has 2 N–H and O–H groups in total. The highest BCUT2D eigenvalue weighted by atomic mass is 35.5. The van der Waals surface area contributed by atoms with Crippen molar-refractivity contribution in [1.82, 2.24) is 10.6 Å². The van der Waals surface area contributed by atoms with Gasteiger partial charge in [-0.1, -0.05) is 0 Å². The molecular weight excluding hydrogens is 256 g/mol. The lowest BCUT2D eigenvalue weighted by Crippen LogP contribution is -2.47. The smallest absolute Gasteiger partial charge is 0.166 e. The molecule has 1 heterocycles. The fraction of sp³-hybridized carbons (Fsp3) is 0.875. The van der Waals surface area contributed by atoms with Crippen LogP contribution in [0.5, 0.6) is 0 Å².